The summed E-state index contributed by atoms with van der Waals surface area (Å²) in [5.74, 6) is 0.832. The van der Waals surface area contributed by atoms with Gasteiger partial charge in [-0.3, -0.25) is 9.36 Å². The summed E-state index contributed by atoms with van der Waals surface area (Å²) in [5, 5.41) is 4.71. The van der Waals surface area contributed by atoms with E-state index in [-0.39, 0.29) is 5.56 Å². The second-order valence-electron chi connectivity index (χ2n) is 5.54. The van der Waals surface area contributed by atoms with Crippen molar-refractivity contribution in [3.8, 4) is 16.9 Å². The predicted molar refractivity (Wildman–Crippen MR) is 104 cm³/mol. The second-order valence-corrected chi connectivity index (χ2v) is 7.43. The monoisotopic (exact) mass is 368 g/mol. The first-order valence-corrected chi connectivity index (χ1v) is 9.74. The van der Waals surface area contributed by atoms with Crippen LogP contribution < -0.4 is 10.3 Å². The van der Waals surface area contributed by atoms with Crippen LogP contribution in [0, 0.1) is 0 Å². The van der Waals surface area contributed by atoms with Crippen LogP contribution in [0.2, 0.25) is 0 Å². The molecule has 0 atom stereocenters. The quantitative estimate of drug-likeness (QED) is 0.516. The highest BCUT2D eigenvalue weighted by Crippen LogP contribution is 2.31. The van der Waals surface area contributed by atoms with Crippen LogP contribution in [0.15, 0.2) is 58.3 Å². The molecule has 0 amide bonds. The largest absolute Gasteiger partial charge is 0.494 e. The molecule has 1 aromatic carbocycles. The SMILES string of the molecule is CCOc1ccc(-c2csc3ncn(Cc4cccs4)c(=O)c23)cc1. The van der Waals surface area contributed by atoms with Crippen LogP contribution >= 0.6 is 22.7 Å². The van der Waals surface area contributed by atoms with Gasteiger partial charge in [0.15, 0.2) is 0 Å². The van der Waals surface area contributed by atoms with Gasteiger partial charge in [0.1, 0.15) is 10.6 Å². The van der Waals surface area contributed by atoms with Gasteiger partial charge in [0, 0.05) is 15.8 Å². The standard InChI is InChI=1S/C19H16N2O2S2/c1-2-23-14-7-5-13(6-8-14)16-11-25-18-17(16)19(22)21(12-20-18)10-15-4-3-9-24-15/h3-9,11-12H,2,10H2,1H3. The third kappa shape index (κ3) is 3.10. The van der Waals surface area contributed by atoms with E-state index in [0.717, 1.165) is 26.6 Å². The van der Waals surface area contributed by atoms with E-state index in [4.69, 9.17) is 4.74 Å². The molecule has 0 unspecified atom stereocenters. The summed E-state index contributed by atoms with van der Waals surface area (Å²) < 4.78 is 7.17. The lowest BCUT2D eigenvalue weighted by molar-refractivity contribution is 0.340. The van der Waals surface area contributed by atoms with E-state index >= 15 is 0 Å². The Morgan fingerprint density at radius 3 is 2.72 bits per heavy atom. The van der Waals surface area contributed by atoms with Gasteiger partial charge in [-0.05, 0) is 36.1 Å². The molecule has 25 heavy (non-hydrogen) atoms. The average Bonchev–Trinajstić information content (AvgIpc) is 3.28. The molecule has 0 N–H and O–H groups in total. The molecule has 0 bridgehead atoms. The van der Waals surface area contributed by atoms with E-state index < -0.39 is 0 Å². The molecule has 3 heterocycles. The third-order valence-corrected chi connectivity index (χ3v) is 5.69. The van der Waals surface area contributed by atoms with Crippen molar-refractivity contribution in [2.24, 2.45) is 0 Å². The summed E-state index contributed by atoms with van der Waals surface area (Å²) in [5.41, 5.74) is 1.94. The van der Waals surface area contributed by atoms with Crippen molar-refractivity contribution < 1.29 is 4.74 Å². The Kier molecular flexibility index (Phi) is 4.38. The number of ether oxygens (including phenoxy) is 1. The lowest BCUT2D eigenvalue weighted by atomic mass is 10.1. The van der Waals surface area contributed by atoms with Crippen molar-refractivity contribution in [1.82, 2.24) is 9.55 Å². The Hall–Kier alpha value is -2.44. The number of benzene rings is 1. The number of thiophene rings is 2. The molecule has 3 aromatic heterocycles. The lowest BCUT2D eigenvalue weighted by Crippen LogP contribution is -2.20. The summed E-state index contributed by atoms with van der Waals surface area (Å²) in [6.07, 6.45) is 1.64. The van der Waals surface area contributed by atoms with Crippen molar-refractivity contribution in [3.63, 3.8) is 0 Å². The number of hydrogen-bond acceptors (Lipinski definition) is 5. The van der Waals surface area contributed by atoms with Crippen molar-refractivity contribution in [1.29, 1.82) is 0 Å². The number of nitrogens with zero attached hydrogens (tertiary/aromatic N) is 2. The minimum Gasteiger partial charge on any atom is -0.494 e. The van der Waals surface area contributed by atoms with Crippen LogP contribution in [0.25, 0.3) is 21.3 Å². The first-order chi connectivity index (χ1) is 12.3. The Morgan fingerprint density at radius 2 is 2.00 bits per heavy atom. The van der Waals surface area contributed by atoms with E-state index in [0.29, 0.717) is 18.5 Å². The lowest BCUT2D eigenvalue weighted by Gasteiger charge is -2.06. The van der Waals surface area contributed by atoms with E-state index in [2.05, 4.69) is 4.98 Å². The highest BCUT2D eigenvalue weighted by Gasteiger charge is 2.13. The molecule has 4 aromatic rings. The van der Waals surface area contributed by atoms with Crippen molar-refractivity contribution >= 4 is 32.9 Å². The van der Waals surface area contributed by atoms with Gasteiger partial charge in [0.25, 0.3) is 5.56 Å². The Morgan fingerprint density at radius 1 is 1.16 bits per heavy atom. The number of fused-ring (bicyclic) bond motifs is 1. The van der Waals surface area contributed by atoms with Crippen LogP contribution in [-0.2, 0) is 6.54 Å². The van der Waals surface area contributed by atoms with Crippen LogP contribution in [0.4, 0.5) is 0 Å². The molecule has 0 aliphatic rings. The van der Waals surface area contributed by atoms with Gasteiger partial charge >= 0.3 is 0 Å². The van der Waals surface area contributed by atoms with Crippen molar-refractivity contribution in [2.45, 2.75) is 13.5 Å². The van der Waals surface area contributed by atoms with Gasteiger partial charge in [-0.25, -0.2) is 4.98 Å². The highest BCUT2D eigenvalue weighted by atomic mass is 32.1. The molecule has 4 rings (SSSR count). The fourth-order valence-electron chi connectivity index (χ4n) is 2.76. The molecule has 4 nitrogen and oxygen atoms in total. The Bertz CT molecular complexity index is 1050. The molecule has 0 spiro atoms. The molecule has 126 valence electrons. The molecular formula is C19H16N2O2S2. The van der Waals surface area contributed by atoms with E-state index in [9.17, 15) is 4.79 Å². The predicted octanol–water partition coefficient (Wildman–Crippen LogP) is 4.63. The van der Waals surface area contributed by atoms with E-state index in [1.165, 1.54) is 11.3 Å². The molecule has 0 saturated carbocycles. The van der Waals surface area contributed by atoms with Gasteiger partial charge in [-0.15, -0.1) is 22.7 Å². The van der Waals surface area contributed by atoms with Crippen molar-refractivity contribution in [3.05, 3.63) is 68.7 Å². The first kappa shape index (κ1) is 16.1. The van der Waals surface area contributed by atoms with Crippen LogP contribution in [0.1, 0.15) is 11.8 Å². The molecule has 0 aliphatic heterocycles. The zero-order valence-electron chi connectivity index (χ0n) is 13.6. The van der Waals surface area contributed by atoms with Crippen molar-refractivity contribution in [2.75, 3.05) is 6.61 Å². The van der Waals surface area contributed by atoms with Crippen LogP contribution in [0.3, 0.4) is 0 Å². The molecule has 0 radical (unpaired) electrons. The summed E-state index contributed by atoms with van der Waals surface area (Å²) in [6.45, 7) is 3.15. The third-order valence-electron chi connectivity index (χ3n) is 3.94. The topological polar surface area (TPSA) is 44.1 Å². The molecular weight excluding hydrogens is 352 g/mol. The van der Waals surface area contributed by atoms with Gasteiger partial charge in [0.05, 0.1) is 24.9 Å². The first-order valence-electron chi connectivity index (χ1n) is 7.98. The van der Waals surface area contributed by atoms with Gasteiger partial charge in [-0.2, -0.15) is 0 Å². The maximum atomic E-state index is 13.0. The fourth-order valence-corrected chi connectivity index (χ4v) is 4.37. The fraction of sp³-hybridized carbons (Fsp3) is 0.158. The molecule has 0 fully saturated rings. The maximum absolute atomic E-state index is 13.0. The van der Waals surface area contributed by atoms with E-state index in [1.54, 1.807) is 22.2 Å². The smallest absolute Gasteiger partial charge is 0.263 e. The Labute approximate surface area is 153 Å². The van der Waals surface area contributed by atoms with Crippen LogP contribution in [-0.4, -0.2) is 16.2 Å². The average molecular weight is 368 g/mol. The molecule has 6 heteroatoms. The summed E-state index contributed by atoms with van der Waals surface area (Å²) in [7, 11) is 0. The summed E-state index contributed by atoms with van der Waals surface area (Å²) >= 11 is 3.14. The van der Waals surface area contributed by atoms with Gasteiger partial charge in [0.2, 0.25) is 0 Å². The number of hydrogen-bond donors (Lipinski definition) is 0. The Balaban J connectivity index is 1.78. The summed E-state index contributed by atoms with van der Waals surface area (Å²) in [6, 6.07) is 11.9. The number of aromatic nitrogens is 2. The normalized spacial score (nSPS) is 11.1. The number of rotatable bonds is 5. The zero-order valence-corrected chi connectivity index (χ0v) is 15.3. The minimum atomic E-state index is 0.00327. The molecule has 0 aliphatic carbocycles. The van der Waals surface area contributed by atoms with E-state index in [1.807, 2.05) is 54.1 Å². The zero-order chi connectivity index (χ0) is 17.2. The molecule has 0 saturated heterocycles. The van der Waals surface area contributed by atoms with Gasteiger partial charge < -0.3 is 4.74 Å². The van der Waals surface area contributed by atoms with Crippen LogP contribution in [0.5, 0.6) is 5.75 Å². The highest BCUT2D eigenvalue weighted by molar-refractivity contribution is 7.17. The maximum Gasteiger partial charge on any atom is 0.263 e. The second kappa shape index (κ2) is 6.82. The minimum absolute atomic E-state index is 0.00327. The van der Waals surface area contributed by atoms with Gasteiger partial charge in [-0.1, -0.05) is 18.2 Å². The summed E-state index contributed by atoms with van der Waals surface area (Å²) in [4.78, 5) is 19.4.